The topological polar surface area (TPSA) is 53.6 Å². The number of rotatable bonds is 2. The van der Waals surface area contributed by atoms with Gasteiger partial charge in [0.1, 0.15) is 0 Å². The van der Waals surface area contributed by atoms with Crippen molar-refractivity contribution in [3.63, 3.8) is 0 Å². The Labute approximate surface area is 76.1 Å². The second-order valence-electron chi connectivity index (χ2n) is 1.96. The lowest BCUT2D eigenvalue weighted by molar-refractivity contribution is 0.766. The van der Waals surface area contributed by atoms with Crippen molar-refractivity contribution in [1.29, 1.82) is 0 Å². The average Bonchev–Trinajstić information content (AvgIpc) is 2.18. The molecule has 0 spiro atoms. The first-order valence-electron chi connectivity index (χ1n) is 2.82. The van der Waals surface area contributed by atoms with Crippen molar-refractivity contribution in [2.75, 3.05) is 0 Å². The van der Waals surface area contributed by atoms with Crippen LogP contribution in [0.2, 0.25) is 0 Å². The number of aromatic nitrogens is 3. The predicted molar refractivity (Wildman–Crippen MR) is 48.3 cm³/mol. The molecule has 0 saturated heterocycles. The molecular formula is C5H6BrN3OS. The molecule has 1 heterocycles. The Morgan fingerprint density at radius 3 is 2.73 bits per heavy atom. The van der Waals surface area contributed by atoms with E-state index in [0.717, 1.165) is 0 Å². The first kappa shape index (κ1) is 8.48. The molecule has 0 atom stereocenters. The van der Waals surface area contributed by atoms with Gasteiger partial charge in [-0.2, -0.15) is 0 Å². The fourth-order valence-corrected chi connectivity index (χ4v) is 1.10. The van der Waals surface area contributed by atoms with E-state index in [1.165, 1.54) is 4.57 Å². The van der Waals surface area contributed by atoms with E-state index < -0.39 is 0 Å². The number of hydrogen-bond donors (Lipinski definition) is 2. The van der Waals surface area contributed by atoms with Crippen molar-refractivity contribution in [3.05, 3.63) is 26.3 Å². The van der Waals surface area contributed by atoms with Crippen LogP contribution in [0.1, 0.15) is 0 Å². The molecule has 0 radical (unpaired) electrons. The Bertz CT molecular complexity index is 346. The van der Waals surface area contributed by atoms with Crippen LogP contribution < -0.4 is 5.69 Å². The summed E-state index contributed by atoms with van der Waals surface area (Å²) in [5, 5.41) is 4.88. The van der Waals surface area contributed by atoms with Crippen molar-refractivity contribution in [3.8, 4) is 0 Å². The summed E-state index contributed by atoms with van der Waals surface area (Å²) < 4.78 is 2.45. The van der Waals surface area contributed by atoms with E-state index >= 15 is 0 Å². The molecule has 6 heteroatoms. The molecule has 0 aromatic carbocycles. The Kier molecular flexibility index (Phi) is 2.45. The van der Waals surface area contributed by atoms with Crippen molar-refractivity contribution < 1.29 is 0 Å². The molecule has 0 amide bonds. The van der Waals surface area contributed by atoms with Crippen LogP contribution in [0.25, 0.3) is 0 Å². The normalized spacial score (nSPS) is 9.91. The summed E-state index contributed by atoms with van der Waals surface area (Å²) in [6.45, 7) is 3.98. The fourth-order valence-electron chi connectivity index (χ4n) is 0.649. The predicted octanol–water partition coefficient (Wildman–Crippen LogP) is 1.14. The molecule has 4 nitrogen and oxygen atoms in total. The largest absolute Gasteiger partial charge is 0.342 e. The molecule has 1 aromatic rings. The summed E-state index contributed by atoms with van der Waals surface area (Å²) in [7, 11) is 0. The number of nitrogens with zero attached hydrogens (tertiary/aromatic N) is 1. The van der Waals surface area contributed by atoms with E-state index in [2.05, 4.69) is 32.7 Å². The van der Waals surface area contributed by atoms with E-state index in [1.807, 2.05) is 0 Å². The third-order valence-corrected chi connectivity index (χ3v) is 1.67. The van der Waals surface area contributed by atoms with Gasteiger partial charge in [-0.15, -0.1) is 0 Å². The SMILES string of the molecule is C=C(Br)Cn1c(=O)[nH][nH]c1=S. The monoisotopic (exact) mass is 235 g/mol. The van der Waals surface area contributed by atoms with Gasteiger partial charge in [-0.1, -0.05) is 22.5 Å². The van der Waals surface area contributed by atoms with Crippen LogP contribution in [0.3, 0.4) is 0 Å². The minimum absolute atomic E-state index is 0.254. The molecule has 0 aliphatic rings. The van der Waals surface area contributed by atoms with Crippen molar-refractivity contribution >= 4 is 28.1 Å². The molecule has 60 valence electrons. The standard InChI is InChI=1S/C5H6BrN3OS/c1-3(6)2-9-4(10)7-8-5(9)11/h1-2H2,(H,7,10)(H,8,11). The van der Waals surface area contributed by atoms with Gasteiger partial charge in [0.25, 0.3) is 0 Å². The van der Waals surface area contributed by atoms with Crippen LogP contribution in [0.4, 0.5) is 0 Å². The number of aromatic amines is 2. The molecule has 0 aliphatic carbocycles. The number of allylic oxidation sites excluding steroid dienone is 1. The molecule has 2 N–H and O–H groups in total. The van der Waals surface area contributed by atoms with E-state index in [4.69, 9.17) is 12.2 Å². The average molecular weight is 236 g/mol. The highest BCUT2D eigenvalue weighted by Crippen LogP contribution is 2.02. The number of halogens is 1. The van der Waals surface area contributed by atoms with Crippen LogP contribution in [0.5, 0.6) is 0 Å². The van der Waals surface area contributed by atoms with E-state index in [0.29, 0.717) is 15.8 Å². The van der Waals surface area contributed by atoms with Gasteiger partial charge >= 0.3 is 5.69 Å². The van der Waals surface area contributed by atoms with Gasteiger partial charge in [-0.3, -0.25) is 9.67 Å². The summed E-state index contributed by atoms with van der Waals surface area (Å²) in [6, 6.07) is 0. The molecule has 0 saturated carbocycles. The molecule has 0 bridgehead atoms. The van der Waals surface area contributed by atoms with Gasteiger partial charge in [0.2, 0.25) is 0 Å². The van der Waals surface area contributed by atoms with Crippen LogP contribution in [0, 0.1) is 4.77 Å². The quantitative estimate of drug-likeness (QED) is 0.756. The second-order valence-corrected chi connectivity index (χ2v) is 3.47. The van der Waals surface area contributed by atoms with Crippen LogP contribution in [-0.2, 0) is 6.54 Å². The maximum absolute atomic E-state index is 10.9. The molecule has 1 aromatic heterocycles. The summed E-state index contributed by atoms with van der Waals surface area (Å²) in [4.78, 5) is 10.9. The van der Waals surface area contributed by atoms with Gasteiger partial charge < -0.3 is 0 Å². The first-order chi connectivity index (χ1) is 5.11. The first-order valence-corrected chi connectivity index (χ1v) is 4.02. The van der Waals surface area contributed by atoms with E-state index in [9.17, 15) is 4.79 Å². The smallest absolute Gasteiger partial charge is 0.272 e. The van der Waals surface area contributed by atoms with Gasteiger partial charge in [0.05, 0.1) is 6.54 Å². The minimum Gasteiger partial charge on any atom is -0.272 e. The third kappa shape index (κ3) is 1.90. The Hall–Kier alpha value is -0.620. The van der Waals surface area contributed by atoms with Crippen molar-refractivity contribution in [2.45, 2.75) is 6.54 Å². The fraction of sp³-hybridized carbons (Fsp3) is 0.200. The van der Waals surface area contributed by atoms with E-state index in [1.54, 1.807) is 0 Å². The lowest BCUT2D eigenvalue weighted by Gasteiger charge is -1.94. The van der Waals surface area contributed by atoms with Gasteiger partial charge in [-0.25, -0.2) is 9.89 Å². The maximum atomic E-state index is 10.9. The Morgan fingerprint density at radius 1 is 1.73 bits per heavy atom. The summed E-state index contributed by atoms with van der Waals surface area (Å²) in [5.41, 5.74) is -0.254. The molecular weight excluding hydrogens is 230 g/mol. The minimum atomic E-state index is -0.254. The van der Waals surface area contributed by atoms with Gasteiger partial charge in [0, 0.05) is 4.48 Å². The molecule has 0 unspecified atom stereocenters. The summed E-state index contributed by atoms with van der Waals surface area (Å²) in [5.74, 6) is 0. The zero-order valence-electron chi connectivity index (χ0n) is 5.56. The molecule has 0 aliphatic heterocycles. The van der Waals surface area contributed by atoms with Crippen LogP contribution >= 0.6 is 28.1 Å². The number of hydrogen-bond acceptors (Lipinski definition) is 2. The summed E-state index contributed by atoms with van der Waals surface area (Å²) >= 11 is 7.94. The second kappa shape index (κ2) is 3.19. The van der Waals surface area contributed by atoms with Gasteiger partial charge in [0.15, 0.2) is 4.77 Å². The Balaban J connectivity index is 3.12. The van der Waals surface area contributed by atoms with Crippen molar-refractivity contribution in [1.82, 2.24) is 14.8 Å². The number of nitrogens with one attached hydrogen (secondary N) is 2. The molecule has 11 heavy (non-hydrogen) atoms. The Morgan fingerprint density at radius 2 is 2.36 bits per heavy atom. The third-order valence-electron chi connectivity index (χ3n) is 1.10. The zero-order valence-corrected chi connectivity index (χ0v) is 7.96. The van der Waals surface area contributed by atoms with E-state index in [-0.39, 0.29) is 5.69 Å². The lowest BCUT2D eigenvalue weighted by atomic mass is 10.6. The number of H-pyrrole nitrogens is 2. The highest BCUT2D eigenvalue weighted by molar-refractivity contribution is 9.11. The van der Waals surface area contributed by atoms with Crippen LogP contribution in [-0.4, -0.2) is 14.8 Å². The highest BCUT2D eigenvalue weighted by atomic mass is 79.9. The lowest BCUT2D eigenvalue weighted by Crippen LogP contribution is -2.16. The van der Waals surface area contributed by atoms with Gasteiger partial charge in [-0.05, 0) is 12.2 Å². The highest BCUT2D eigenvalue weighted by Gasteiger charge is 1.98. The zero-order chi connectivity index (χ0) is 8.43. The molecule has 1 rings (SSSR count). The van der Waals surface area contributed by atoms with Crippen LogP contribution in [0.15, 0.2) is 15.9 Å². The molecule has 0 fully saturated rings. The van der Waals surface area contributed by atoms with Crippen molar-refractivity contribution in [2.24, 2.45) is 0 Å². The summed E-state index contributed by atoms with van der Waals surface area (Å²) in [6.07, 6.45) is 0. The maximum Gasteiger partial charge on any atom is 0.342 e.